The number of pyridine rings is 1. The van der Waals surface area contributed by atoms with Crippen LogP contribution in [0, 0.1) is 24.2 Å². The molecule has 1 fully saturated rings. The van der Waals surface area contributed by atoms with E-state index in [1.54, 1.807) is 24.5 Å². The first-order valence-corrected chi connectivity index (χ1v) is 11.0. The number of hydrogen-bond acceptors (Lipinski definition) is 6. The Balaban J connectivity index is 1.75. The van der Waals surface area contributed by atoms with Crippen LogP contribution in [0.1, 0.15) is 55.9 Å². The molecule has 1 N–H and O–H groups in total. The summed E-state index contributed by atoms with van der Waals surface area (Å²) in [4.78, 5) is 14.9. The molecule has 3 atom stereocenters. The van der Waals surface area contributed by atoms with E-state index in [0.29, 0.717) is 30.8 Å². The number of ether oxygens (including phenoxy) is 3. The molecule has 3 rings (SSSR count). The van der Waals surface area contributed by atoms with Gasteiger partial charge >= 0.3 is 5.97 Å². The van der Waals surface area contributed by atoms with E-state index < -0.39 is 17.9 Å². The van der Waals surface area contributed by atoms with Crippen molar-refractivity contribution in [1.82, 2.24) is 4.98 Å². The minimum absolute atomic E-state index is 0.0383. The molecular weight excluding hydrogens is 420 g/mol. The number of benzene rings is 1. The van der Waals surface area contributed by atoms with Gasteiger partial charge in [-0.3, -0.25) is 9.78 Å². The van der Waals surface area contributed by atoms with Gasteiger partial charge in [0.1, 0.15) is 11.8 Å². The molecule has 0 aliphatic carbocycles. The molecule has 174 valence electrons. The molecule has 0 amide bonds. The zero-order valence-electron chi connectivity index (χ0n) is 19.2. The van der Waals surface area contributed by atoms with Crippen molar-refractivity contribution >= 4 is 5.97 Å². The number of rotatable bonds is 9. The van der Waals surface area contributed by atoms with Crippen molar-refractivity contribution in [3.63, 3.8) is 0 Å². The highest BCUT2D eigenvalue weighted by molar-refractivity contribution is 5.66. The largest absolute Gasteiger partial charge is 0.481 e. The zero-order chi connectivity index (χ0) is 23.8. The Bertz CT molecular complexity index is 1010. The summed E-state index contributed by atoms with van der Waals surface area (Å²) in [5.74, 6) is -0.284. The van der Waals surface area contributed by atoms with Crippen molar-refractivity contribution in [1.29, 1.82) is 5.26 Å². The number of aliphatic carboxylic acids is 1. The predicted octanol–water partition coefficient (Wildman–Crippen LogP) is 4.96. The van der Waals surface area contributed by atoms with Gasteiger partial charge in [0, 0.05) is 24.7 Å². The Morgan fingerprint density at radius 3 is 2.88 bits per heavy atom. The van der Waals surface area contributed by atoms with Gasteiger partial charge < -0.3 is 19.3 Å². The van der Waals surface area contributed by atoms with Gasteiger partial charge in [0.2, 0.25) is 0 Å². The molecule has 7 nitrogen and oxygen atoms in total. The van der Waals surface area contributed by atoms with Crippen LogP contribution in [-0.2, 0) is 14.3 Å². The third-order valence-electron chi connectivity index (χ3n) is 5.50. The van der Waals surface area contributed by atoms with Gasteiger partial charge in [-0.2, -0.15) is 5.26 Å². The minimum atomic E-state index is -0.858. The van der Waals surface area contributed by atoms with E-state index in [1.807, 2.05) is 51.1 Å². The maximum atomic E-state index is 10.7. The van der Waals surface area contributed by atoms with Crippen molar-refractivity contribution in [3.05, 3.63) is 71.6 Å². The first-order valence-electron chi connectivity index (χ1n) is 11.0. The van der Waals surface area contributed by atoms with Crippen LogP contribution in [0.2, 0.25) is 0 Å². The van der Waals surface area contributed by atoms with Gasteiger partial charge in [0.25, 0.3) is 0 Å². The monoisotopic (exact) mass is 450 g/mol. The summed E-state index contributed by atoms with van der Waals surface area (Å²) in [6.45, 7) is 6.13. The summed E-state index contributed by atoms with van der Waals surface area (Å²) in [5.41, 5.74) is 1.53. The SMILES string of the molecule is Cc1ccc(OC(C)(C)[C@H]2OC[C@@H](C/C=C\CCC(=O)O)[C@@H](c3cccnc3)O2)c(C#N)c1. The van der Waals surface area contributed by atoms with Crippen LogP contribution in [0.5, 0.6) is 5.75 Å². The Labute approximate surface area is 194 Å². The van der Waals surface area contributed by atoms with Crippen molar-refractivity contribution in [2.45, 2.75) is 58.0 Å². The van der Waals surface area contributed by atoms with Crippen molar-refractivity contribution in [3.8, 4) is 11.8 Å². The van der Waals surface area contributed by atoms with Gasteiger partial charge in [0.05, 0.1) is 18.3 Å². The topological polar surface area (TPSA) is 102 Å². The van der Waals surface area contributed by atoms with Crippen molar-refractivity contribution in [2.24, 2.45) is 5.92 Å². The summed E-state index contributed by atoms with van der Waals surface area (Å²) in [6.07, 6.45) is 7.72. The smallest absolute Gasteiger partial charge is 0.303 e. The summed E-state index contributed by atoms with van der Waals surface area (Å²) in [5, 5.41) is 18.3. The standard InChI is InChI=1S/C26H30N2O5/c1-18-11-12-22(21(14-18)15-27)33-26(2,3)25-31-17-20(8-5-4-6-10-23(29)30)24(32-25)19-9-7-13-28-16-19/h4-5,7,9,11-14,16,20,24-25H,6,8,10,17H2,1-3H3,(H,29,30)/b5-4-/t20-,24-,25+/m1/s1. The van der Waals surface area contributed by atoms with Crippen LogP contribution in [0.3, 0.4) is 0 Å². The second kappa shape index (κ2) is 11.1. The third-order valence-corrected chi connectivity index (χ3v) is 5.50. The fourth-order valence-corrected chi connectivity index (χ4v) is 3.78. The third kappa shape index (κ3) is 6.64. The normalized spacial score (nSPS) is 21.0. The van der Waals surface area contributed by atoms with Crippen LogP contribution >= 0.6 is 0 Å². The molecule has 2 heterocycles. The first kappa shape index (κ1) is 24.4. The molecule has 0 bridgehead atoms. The van der Waals surface area contributed by atoms with E-state index in [-0.39, 0.29) is 18.4 Å². The highest BCUT2D eigenvalue weighted by Gasteiger charge is 2.42. The Morgan fingerprint density at radius 2 is 2.18 bits per heavy atom. The molecule has 1 aromatic heterocycles. The number of nitriles is 1. The molecule has 7 heteroatoms. The number of nitrogens with zero attached hydrogens (tertiary/aromatic N) is 2. The average Bonchev–Trinajstić information content (AvgIpc) is 2.80. The number of carboxylic acid groups (broad SMARTS) is 1. The first-order chi connectivity index (χ1) is 15.8. The van der Waals surface area contributed by atoms with Gasteiger partial charge in [-0.1, -0.05) is 24.3 Å². The lowest BCUT2D eigenvalue weighted by Crippen LogP contribution is -2.50. The van der Waals surface area contributed by atoms with Crippen LogP contribution < -0.4 is 4.74 Å². The second-order valence-corrected chi connectivity index (χ2v) is 8.72. The fraction of sp³-hybridized carbons (Fsp3) is 0.423. The van der Waals surface area contributed by atoms with Crippen molar-refractivity contribution in [2.75, 3.05) is 6.61 Å². The molecular formula is C26H30N2O5. The summed E-state index contributed by atoms with van der Waals surface area (Å²) >= 11 is 0. The molecule has 0 saturated carbocycles. The van der Waals surface area contributed by atoms with E-state index in [2.05, 4.69) is 11.1 Å². The van der Waals surface area contributed by atoms with Gasteiger partial charge in [-0.05, 0) is 62.9 Å². The lowest BCUT2D eigenvalue weighted by molar-refractivity contribution is -0.288. The summed E-state index contributed by atoms with van der Waals surface area (Å²) in [6, 6.07) is 11.5. The maximum absolute atomic E-state index is 10.7. The molecule has 1 saturated heterocycles. The van der Waals surface area contributed by atoms with Crippen LogP contribution in [0.15, 0.2) is 54.9 Å². The Kier molecular flexibility index (Phi) is 8.21. The summed E-state index contributed by atoms with van der Waals surface area (Å²) in [7, 11) is 0. The van der Waals surface area contributed by atoms with Gasteiger partial charge in [0.15, 0.2) is 11.9 Å². The fourth-order valence-electron chi connectivity index (χ4n) is 3.78. The average molecular weight is 451 g/mol. The molecule has 33 heavy (non-hydrogen) atoms. The summed E-state index contributed by atoms with van der Waals surface area (Å²) < 4.78 is 18.7. The predicted molar refractivity (Wildman–Crippen MR) is 123 cm³/mol. The number of carboxylic acids is 1. The van der Waals surface area contributed by atoms with E-state index in [4.69, 9.17) is 19.3 Å². The zero-order valence-corrected chi connectivity index (χ0v) is 19.2. The van der Waals surface area contributed by atoms with E-state index in [0.717, 1.165) is 11.1 Å². The molecule has 1 aliphatic heterocycles. The quantitative estimate of drug-likeness (QED) is 0.539. The lowest BCUT2D eigenvalue weighted by Gasteiger charge is -2.43. The lowest BCUT2D eigenvalue weighted by atomic mass is 9.92. The van der Waals surface area contributed by atoms with Crippen molar-refractivity contribution < 1.29 is 24.1 Å². The van der Waals surface area contributed by atoms with Gasteiger partial charge in [-0.15, -0.1) is 0 Å². The molecule has 1 aromatic carbocycles. The maximum Gasteiger partial charge on any atom is 0.303 e. The molecule has 0 radical (unpaired) electrons. The van der Waals surface area contributed by atoms with Gasteiger partial charge in [-0.25, -0.2) is 0 Å². The second-order valence-electron chi connectivity index (χ2n) is 8.72. The number of hydrogen-bond donors (Lipinski definition) is 1. The Hall–Kier alpha value is -3.21. The number of allylic oxidation sites excluding steroid dienone is 2. The molecule has 2 aromatic rings. The minimum Gasteiger partial charge on any atom is -0.481 e. The number of carbonyl (C=O) groups is 1. The number of aryl methyl sites for hydroxylation is 1. The van der Waals surface area contributed by atoms with E-state index >= 15 is 0 Å². The highest BCUT2D eigenvalue weighted by Crippen LogP contribution is 2.38. The van der Waals surface area contributed by atoms with Crippen LogP contribution in [0.25, 0.3) is 0 Å². The Morgan fingerprint density at radius 1 is 1.36 bits per heavy atom. The molecule has 0 spiro atoms. The highest BCUT2D eigenvalue weighted by atomic mass is 16.7. The van der Waals surface area contributed by atoms with Crippen LogP contribution in [0.4, 0.5) is 0 Å². The molecule has 0 unspecified atom stereocenters. The number of aromatic nitrogens is 1. The van der Waals surface area contributed by atoms with E-state index in [9.17, 15) is 10.1 Å². The molecule has 1 aliphatic rings. The van der Waals surface area contributed by atoms with E-state index in [1.165, 1.54) is 0 Å². The van der Waals surface area contributed by atoms with Crippen LogP contribution in [-0.4, -0.2) is 34.6 Å².